The second kappa shape index (κ2) is 6.41. The van der Waals surface area contributed by atoms with Gasteiger partial charge in [-0.15, -0.1) is 0 Å². The quantitative estimate of drug-likeness (QED) is 0.619. The van der Waals surface area contributed by atoms with Gasteiger partial charge in [-0.2, -0.15) is 27.6 Å². The number of carbonyl (C=O) groups is 1. The smallest absolute Gasteiger partial charge is 0.327 e. The maximum Gasteiger partial charge on any atom is 0.327 e. The van der Waals surface area contributed by atoms with Crippen LogP contribution in [0.3, 0.4) is 0 Å². The second-order valence-electron chi connectivity index (χ2n) is 4.27. The summed E-state index contributed by atoms with van der Waals surface area (Å²) in [6.07, 6.45) is 0. The Hall–Kier alpha value is -1.77. The van der Waals surface area contributed by atoms with Gasteiger partial charge < -0.3 is 20.2 Å². The number of hydrogen-bond donors (Lipinski definition) is 3. The molecule has 0 saturated carbocycles. The van der Waals surface area contributed by atoms with Crippen LogP contribution in [0.1, 0.15) is 0 Å². The Bertz CT molecular complexity index is 427. The highest BCUT2D eigenvalue weighted by Crippen LogP contribution is 2.14. The average Bonchev–Trinajstić information content (AvgIpc) is 2.34. The van der Waals surface area contributed by atoms with Gasteiger partial charge in [-0.05, 0) is 0 Å². The Balaban J connectivity index is 3.08. The second-order valence-corrected chi connectivity index (χ2v) is 4.63. The van der Waals surface area contributed by atoms with Gasteiger partial charge in [0.1, 0.15) is 6.04 Å². The first kappa shape index (κ1) is 15.3. The normalized spacial score (nSPS) is 11.8. The zero-order chi connectivity index (χ0) is 14.6. The minimum atomic E-state index is -1.01. The summed E-state index contributed by atoms with van der Waals surface area (Å²) < 4.78 is 0. The van der Waals surface area contributed by atoms with Gasteiger partial charge in [0.15, 0.2) is 0 Å². The number of hydrogen-bond acceptors (Lipinski definition) is 8. The Labute approximate surface area is 117 Å². The molecule has 1 heterocycles. The molecule has 1 aromatic heterocycles. The van der Waals surface area contributed by atoms with E-state index in [0.717, 1.165) is 0 Å². The lowest BCUT2D eigenvalue weighted by Crippen LogP contribution is -2.32. The van der Waals surface area contributed by atoms with Crippen molar-refractivity contribution < 1.29 is 9.90 Å². The molecule has 8 nitrogen and oxygen atoms in total. The van der Waals surface area contributed by atoms with Crippen molar-refractivity contribution >= 4 is 36.4 Å². The molecule has 0 aliphatic rings. The van der Waals surface area contributed by atoms with Gasteiger partial charge in [-0.3, -0.25) is 0 Å². The molecule has 19 heavy (non-hydrogen) atoms. The number of carboxylic acids is 1. The lowest BCUT2D eigenvalue weighted by atomic mass is 10.3. The molecule has 106 valence electrons. The zero-order valence-electron chi connectivity index (χ0n) is 11.3. The van der Waals surface area contributed by atoms with Crippen molar-refractivity contribution in [3.63, 3.8) is 0 Å². The van der Waals surface area contributed by atoms with Crippen LogP contribution in [0.25, 0.3) is 0 Å². The first-order valence-electron chi connectivity index (χ1n) is 5.56. The van der Waals surface area contributed by atoms with Crippen molar-refractivity contribution in [1.82, 2.24) is 15.0 Å². The monoisotopic (exact) mass is 286 g/mol. The fourth-order valence-electron chi connectivity index (χ4n) is 1.16. The number of carboxylic acid groups (broad SMARTS) is 1. The van der Waals surface area contributed by atoms with E-state index in [1.807, 2.05) is 0 Å². The summed E-state index contributed by atoms with van der Waals surface area (Å²) in [7, 11) is 7.19. The lowest BCUT2D eigenvalue weighted by Gasteiger charge is -2.18. The molecular formula is C10H18N6O2S. The summed E-state index contributed by atoms with van der Waals surface area (Å²) in [5.41, 5.74) is 0. The molecule has 0 fully saturated rings. The first-order chi connectivity index (χ1) is 8.85. The van der Waals surface area contributed by atoms with E-state index < -0.39 is 12.0 Å². The standard InChI is InChI=1S/C10H18N6O2S/c1-15(2)9-12-8(11-6(5-19)7(17)18)13-10(14-9)16(3)4/h6,19H,5H2,1-4H3,(H,17,18)(H,11,12,13,14). The largest absolute Gasteiger partial charge is 0.480 e. The van der Waals surface area contributed by atoms with Crippen molar-refractivity contribution in [2.75, 3.05) is 49.1 Å². The summed E-state index contributed by atoms with van der Waals surface area (Å²) in [5.74, 6) is 0.237. The van der Waals surface area contributed by atoms with Crippen LogP contribution in [-0.2, 0) is 4.79 Å². The predicted octanol–water partition coefficient (Wildman–Crippen LogP) is -0.202. The maximum absolute atomic E-state index is 11.0. The number of nitrogens with one attached hydrogen (secondary N) is 1. The number of aromatic nitrogens is 3. The van der Waals surface area contributed by atoms with Crippen molar-refractivity contribution in [2.24, 2.45) is 0 Å². The van der Waals surface area contributed by atoms with E-state index in [0.29, 0.717) is 11.9 Å². The van der Waals surface area contributed by atoms with Gasteiger partial charge in [0.2, 0.25) is 17.8 Å². The van der Waals surface area contributed by atoms with E-state index in [1.165, 1.54) is 0 Å². The molecular weight excluding hydrogens is 268 g/mol. The Kier molecular flexibility index (Phi) is 5.16. The van der Waals surface area contributed by atoms with Gasteiger partial charge in [-0.25, -0.2) is 4.79 Å². The third-order valence-corrected chi connectivity index (χ3v) is 2.56. The fourth-order valence-corrected chi connectivity index (χ4v) is 1.41. The van der Waals surface area contributed by atoms with Crippen molar-refractivity contribution in [2.45, 2.75) is 6.04 Å². The van der Waals surface area contributed by atoms with Crippen LogP contribution in [0.4, 0.5) is 17.8 Å². The molecule has 0 bridgehead atoms. The number of aliphatic carboxylic acids is 1. The van der Waals surface area contributed by atoms with Gasteiger partial charge in [0.05, 0.1) is 0 Å². The molecule has 1 rings (SSSR count). The fraction of sp³-hybridized carbons (Fsp3) is 0.600. The van der Waals surface area contributed by atoms with Crippen LogP contribution in [0.2, 0.25) is 0 Å². The summed E-state index contributed by atoms with van der Waals surface area (Å²) in [6.45, 7) is 0. The van der Waals surface area contributed by atoms with E-state index in [1.54, 1.807) is 38.0 Å². The maximum atomic E-state index is 11.0. The zero-order valence-corrected chi connectivity index (χ0v) is 12.2. The predicted molar refractivity (Wildman–Crippen MR) is 77.4 cm³/mol. The average molecular weight is 286 g/mol. The molecule has 0 saturated heterocycles. The molecule has 0 aliphatic carbocycles. The summed E-state index contributed by atoms with van der Waals surface area (Å²) in [5, 5.41) is 11.7. The summed E-state index contributed by atoms with van der Waals surface area (Å²) >= 11 is 3.98. The van der Waals surface area contributed by atoms with Crippen LogP contribution in [0, 0.1) is 0 Å². The summed E-state index contributed by atoms with van der Waals surface area (Å²) in [4.78, 5) is 26.9. The minimum Gasteiger partial charge on any atom is -0.480 e. The van der Waals surface area contributed by atoms with Gasteiger partial charge in [-0.1, -0.05) is 0 Å². The molecule has 1 unspecified atom stereocenters. The van der Waals surface area contributed by atoms with E-state index in [9.17, 15) is 4.79 Å². The van der Waals surface area contributed by atoms with Crippen LogP contribution in [0.15, 0.2) is 0 Å². The number of thiol groups is 1. The topological polar surface area (TPSA) is 94.5 Å². The molecule has 0 amide bonds. The van der Waals surface area contributed by atoms with E-state index >= 15 is 0 Å². The molecule has 9 heteroatoms. The third kappa shape index (κ3) is 4.12. The van der Waals surface area contributed by atoms with Crippen molar-refractivity contribution in [3.8, 4) is 0 Å². The SMILES string of the molecule is CN(C)c1nc(NC(CS)C(=O)O)nc(N(C)C)n1. The Morgan fingerprint density at radius 3 is 2.00 bits per heavy atom. The van der Waals surface area contributed by atoms with Crippen LogP contribution in [0.5, 0.6) is 0 Å². The number of anilines is 3. The number of nitrogens with zero attached hydrogens (tertiary/aromatic N) is 5. The first-order valence-corrected chi connectivity index (χ1v) is 6.19. The van der Waals surface area contributed by atoms with Crippen molar-refractivity contribution in [3.05, 3.63) is 0 Å². The van der Waals surface area contributed by atoms with E-state index in [2.05, 4.69) is 32.9 Å². The van der Waals surface area contributed by atoms with Gasteiger partial charge >= 0.3 is 5.97 Å². The van der Waals surface area contributed by atoms with Crippen LogP contribution < -0.4 is 15.1 Å². The van der Waals surface area contributed by atoms with E-state index in [-0.39, 0.29) is 11.7 Å². The highest BCUT2D eigenvalue weighted by molar-refractivity contribution is 7.80. The van der Waals surface area contributed by atoms with E-state index in [4.69, 9.17) is 5.11 Å². The molecule has 1 aromatic rings. The molecule has 1 atom stereocenters. The number of rotatable bonds is 6. The minimum absolute atomic E-state index is 0.135. The Morgan fingerprint density at radius 1 is 1.21 bits per heavy atom. The molecule has 0 aliphatic heterocycles. The lowest BCUT2D eigenvalue weighted by molar-refractivity contribution is -0.137. The molecule has 2 N–H and O–H groups in total. The summed E-state index contributed by atoms with van der Waals surface area (Å²) in [6, 6.07) is -0.851. The molecule has 0 aromatic carbocycles. The van der Waals surface area contributed by atoms with Gasteiger partial charge in [0.25, 0.3) is 0 Å². The third-order valence-electron chi connectivity index (χ3n) is 2.20. The van der Waals surface area contributed by atoms with Crippen LogP contribution >= 0.6 is 12.6 Å². The molecule has 0 spiro atoms. The molecule has 0 radical (unpaired) electrons. The van der Waals surface area contributed by atoms with Gasteiger partial charge in [0, 0.05) is 33.9 Å². The Morgan fingerprint density at radius 2 is 1.68 bits per heavy atom. The highest BCUT2D eigenvalue weighted by atomic mass is 32.1. The van der Waals surface area contributed by atoms with Crippen LogP contribution in [-0.4, -0.2) is 66.0 Å². The van der Waals surface area contributed by atoms with Crippen molar-refractivity contribution in [1.29, 1.82) is 0 Å². The highest BCUT2D eigenvalue weighted by Gasteiger charge is 2.18.